The summed E-state index contributed by atoms with van der Waals surface area (Å²) in [6, 6.07) is 7.28. The van der Waals surface area contributed by atoms with Crippen LogP contribution in [0.4, 0.5) is 10.5 Å². The summed E-state index contributed by atoms with van der Waals surface area (Å²) in [5.41, 5.74) is 0.336. The van der Waals surface area contributed by atoms with Crippen LogP contribution in [0.2, 0.25) is 0 Å². The molecule has 0 aliphatic heterocycles. The van der Waals surface area contributed by atoms with Crippen LogP contribution in [0.5, 0.6) is 0 Å². The molecule has 0 saturated heterocycles. The van der Waals surface area contributed by atoms with Crippen LogP contribution in [0, 0.1) is 5.41 Å². The predicted molar refractivity (Wildman–Crippen MR) is 91.9 cm³/mol. The summed E-state index contributed by atoms with van der Waals surface area (Å²) >= 11 is 0. The Labute approximate surface area is 136 Å². The average molecular weight is 316 g/mol. The Morgan fingerprint density at radius 3 is 2.26 bits per heavy atom. The Balaban J connectivity index is 2.36. The summed E-state index contributed by atoms with van der Waals surface area (Å²) in [5.74, 6) is 0.00178. The van der Waals surface area contributed by atoms with Crippen LogP contribution in [0.25, 0.3) is 10.9 Å². The Morgan fingerprint density at radius 2 is 1.70 bits per heavy atom. The molecule has 2 rings (SSSR count). The molecule has 0 unspecified atom stereocenters. The minimum absolute atomic E-state index is 0.00178. The molecular weight excluding hydrogens is 292 g/mol. The lowest BCUT2D eigenvalue weighted by atomic mass is 9.95. The molecule has 5 nitrogen and oxygen atoms in total. The second-order valence-electron chi connectivity index (χ2n) is 7.61. The van der Waals surface area contributed by atoms with E-state index in [0.717, 1.165) is 10.9 Å². The van der Waals surface area contributed by atoms with Crippen molar-refractivity contribution in [2.24, 2.45) is 5.41 Å². The average Bonchev–Trinajstić information content (AvgIpc) is 2.79. The number of aromatic nitrogens is 1. The van der Waals surface area contributed by atoms with Gasteiger partial charge in [0.1, 0.15) is 5.60 Å². The van der Waals surface area contributed by atoms with Crippen molar-refractivity contribution in [2.45, 2.75) is 47.1 Å². The number of rotatable bonds is 1. The molecule has 0 saturated carbocycles. The fourth-order valence-corrected chi connectivity index (χ4v) is 2.23. The summed E-state index contributed by atoms with van der Waals surface area (Å²) in [7, 11) is 0. The third-order valence-corrected chi connectivity index (χ3v) is 3.23. The van der Waals surface area contributed by atoms with Gasteiger partial charge in [-0.15, -0.1) is 0 Å². The lowest BCUT2D eigenvalue weighted by Gasteiger charge is -2.20. The van der Waals surface area contributed by atoms with E-state index in [0.29, 0.717) is 5.69 Å². The van der Waals surface area contributed by atoms with E-state index < -0.39 is 17.1 Å². The number of fused-ring (bicyclic) bond motifs is 1. The molecule has 124 valence electrons. The summed E-state index contributed by atoms with van der Waals surface area (Å²) in [6.07, 6.45) is 1.22. The number of benzene rings is 1. The summed E-state index contributed by atoms with van der Waals surface area (Å²) in [6.45, 7) is 11.1. The topological polar surface area (TPSA) is 60.3 Å². The lowest BCUT2D eigenvalue weighted by molar-refractivity contribution is 0.0635. The van der Waals surface area contributed by atoms with E-state index in [1.54, 1.807) is 16.8 Å². The second-order valence-corrected chi connectivity index (χ2v) is 7.61. The van der Waals surface area contributed by atoms with Crippen molar-refractivity contribution in [3.63, 3.8) is 0 Å². The third-order valence-electron chi connectivity index (χ3n) is 3.23. The van der Waals surface area contributed by atoms with E-state index in [1.165, 1.54) is 0 Å². The normalized spacial score (nSPS) is 12.3. The van der Waals surface area contributed by atoms with Crippen molar-refractivity contribution >= 4 is 28.6 Å². The van der Waals surface area contributed by atoms with Gasteiger partial charge in [0, 0.05) is 17.0 Å². The molecule has 0 fully saturated rings. The minimum Gasteiger partial charge on any atom is -0.444 e. The molecule has 0 aliphatic rings. The van der Waals surface area contributed by atoms with Crippen molar-refractivity contribution in [1.82, 2.24) is 4.57 Å². The number of amides is 1. The van der Waals surface area contributed by atoms with Gasteiger partial charge in [-0.3, -0.25) is 14.7 Å². The van der Waals surface area contributed by atoms with E-state index in [1.807, 2.05) is 59.7 Å². The second kappa shape index (κ2) is 5.72. The molecule has 1 amide bonds. The highest BCUT2D eigenvalue weighted by molar-refractivity contribution is 6.03. The van der Waals surface area contributed by atoms with Crippen LogP contribution in [-0.4, -0.2) is 22.2 Å². The highest BCUT2D eigenvalue weighted by Gasteiger charge is 2.24. The highest BCUT2D eigenvalue weighted by Crippen LogP contribution is 2.27. The molecule has 1 heterocycles. The van der Waals surface area contributed by atoms with Gasteiger partial charge in [0.25, 0.3) is 0 Å². The lowest BCUT2D eigenvalue weighted by Crippen LogP contribution is -2.27. The molecular formula is C18H24N2O3. The van der Waals surface area contributed by atoms with E-state index >= 15 is 0 Å². The Bertz CT molecular complexity index is 746. The third kappa shape index (κ3) is 3.92. The van der Waals surface area contributed by atoms with Gasteiger partial charge in [-0.1, -0.05) is 26.8 Å². The first-order valence-corrected chi connectivity index (χ1v) is 7.64. The molecule has 0 aliphatic carbocycles. The van der Waals surface area contributed by atoms with Gasteiger partial charge >= 0.3 is 6.09 Å². The SMILES string of the molecule is CC(C)(C)OC(=O)Nc1cccc2c1ccn2C(=O)C(C)(C)C. The van der Waals surface area contributed by atoms with Crippen LogP contribution in [0.3, 0.4) is 0 Å². The van der Waals surface area contributed by atoms with Gasteiger partial charge in [-0.25, -0.2) is 4.79 Å². The molecule has 1 aromatic carbocycles. The maximum atomic E-state index is 12.5. The molecule has 2 aromatic rings. The number of carbonyl (C=O) groups is 2. The number of carbonyl (C=O) groups excluding carboxylic acids is 2. The van der Waals surface area contributed by atoms with Crippen molar-refractivity contribution in [2.75, 3.05) is 5.32 Å². The smallest absolute Gasteiger partial charge is 0.412 e. The van der Waals surface area contributed by atoms with Gasteiger partial charge in [0.05, 0.1) is 11.2 Å². The van der Waals surface area contributed by atoms with Crippen LogP contribution < -0.4 is 5.32 Å². The largest absolute Gasteiger partial charge is 0.444 e. The quantitative estimate of drug-likeness (QED) is 0.831. The standard InChI is InChI=1S/C18H24N2O3/c1-17(2,3)15(21)20-11-10-12-13(8-7-9-14(12)20)19-16(22)23-18(4,5)6/h7-11H,1-6H3,(H,19,22). The van der Waals surface area contributed by atoms with Crippen LogP contribution in [0.1, 0.15) is 46.3 Å². The molecule has 0 bridgehead atoms. The molecule has 1 aromatic heterocycles. The van der Waals surface area contributed by atoms with Crippen molar-refractivity contribution in [1.29, 1.82) is 0 Å². The maximum Gasteiger partial charge on any atom is 0.412 e. The molecule has 0 spiro atoms. The van der Waals surface area contributed by atoms with Gasteiger partial charge < -0.3 is 4.74 Å². The first kappa shape index (κ1) is 17.1. The summed E-state index contributed by atoms with van der Waals surface area (Å²) in [4.78, 5) is 24.5. The fraction of sp³-hybridized carbons (Fsp3) is 0.444. The first-order chi connectivity index (χ1) is 10.5. The minimum atomic E-state index is -0.563. The van der Waals surface area contributed by atoms with Crippen molar-refractivity contribution < 1.29 is 14.3 Å². The van der Waals surface area contributed by atoms with E-state index in [4.69, 9.17) is 4.74 Å². The highest BCUT2D eigenvalue weighted by atomic mass is 16.6. The van der Waals surface area contributed by atoms with Gasteiger partial charge in [-0.2, -0.15) is 0 Å². The molecule has 0 radical (unpaired) electrons. The number of anilines is 1. The van der Waals surface area contributed by atoms with Crippen molar-refractivity contribution in [3.8, 4) is 0 Å². The predicted octanol–water partition coefficient (Wildman–Crippen LogP) is 4.67. The van der Waals surface area contributed by atoms with Crippen LogP contribution >= 0.6 is 0 Å². The molecule has 1 N–H and O–H groups in total. The number of nitrogens with one attached hydrogen (secondary N) is 1. The number of nitrogens with zero attached hydrogens (tertiary/aromatic N) is 1. The zero-order valence-electron chi connectivity index (χ0n) is 14.6. The summed E-state index contributed by atoms with van der Waals surface area (Å²) < 4.78 is 6.90. The molecule has 0 atom stereocenters. The van der Waals surface area contributed by atoms with Crippen LogP contribution in [-0.2, 0) is 4.74 Å². The maximum absolute atomic E-state index is 12.5. The number of hydrogen-bond donors (Lipinski definition) is 1. The van der Waals surface area contributed by atoms with Crippen LogP contribution in [0.15, 0.2) is 30.5 Å². The zero-order valence-corrected chi connectivity index (χ0v) is 14.6. The molecule has 5 heteroatoms. The Hall–Kier alpha value is -2.30. The van der Waals surface area contributed by atoms with E-state index in [2.05, 4.69) is 5.32 Å². The zero-order chi connectivity index (χ0) is 17.4. The van der Waals surface area contributed by atoms with Gasteiger partial charge in [0.2, 0.25) is 5.91 Å². The monoisotopic (exact) mass is 316 g/mol. The van der Waals surface area contributed by atoms with E-state index in [9.17, 15) is 9.59 Å². The van der Waals surface area contributed by atoms with Gasteiger partial charge in [-0.05, 0) is 39.0 Å². The van der Waals surface area contributed by atoms with Crippen molar-refractivity contribution in [3.05, 3.63) is 30.5 Å². The number of ether oxygens (including phenoxy) is 1. The number of hydrogen-bond acceptors (Lipinski definition) is 3. The summed E-state index contributed by atoms with van der Waals surface area (Å²) in [5, 5.41) is 3.55. The fourth-order valence-electron chi connectivity index (χ4n) is 2.23. The van der Waals surface area contributed by atoms with E-state index in [-0.39, 0.29) is 5.91 Å². The molecule has 23 heavy (non-hydrogen) atoms. The Kier molecular flexibility index (Phi) is 4.24. The van der Waals surface area contributed by atoms with Gasteiger partial charge in [0.15, 0.2) is 0 Å². The Morgan fingerprint density at radius 1 is 1.04 bits per heavy atom. The first-order valence-electron chi connectivity index (χ1n) is 7.64.